The van der Waals surface area contributed by atoms with Crippen molar-refractivity contribution < 1.29 is 50.2 Å². The van der Waals surface area contributed by atoms with Crippen LogP contribution in [0.4, 0.5) is 18.0 Å². The number of alkyl halides is 3. The van der Waals surface area contributed by atoms with Gasteiger partial charge in [-0.2, -0.15) is 13.2 Å². The van der Waals surface area contributed by atoms with Crippen molar-refractivity contribution in [2.45, 2.75) is 69.7 Å². The van der Waals surface area contributed by atoms with E-state index in [1.54, 1.807) is 27.7 Å². The minimum absolute atomic E-state index is 0.0690. The zero-order valence-electron chi connectivity index (χ0n) is 26.0. The van der Waals surface area contributed by atoms with Crippen molar-refractivity contribution in [3.05, 3.63) is 63.6 Å². The third-order valence-corrected chi connectivity index (χ3v) is 8.63. The molecule has 0 bridgehead atoms. The van der Waals surface area contributed by atoms with Gasteiger partial charge in [0.2, 0.25) is 15.9 Å². The summed E-state index contributed by atoms with van der Waals surface area (Å²) in [6, 6.07) is 5.63. The molecule has 3 amide bonds. The molecule has 0 aliphatic rings. The SMILES string of the molecule is CCOC(CN(C(=O)C(Cc1ccc(C(F)(F)F)cc1)NC(=O)C(CNS(=O)(=O)c1ccc(Cl)cc1Cl)OC(N)=O)C(C)C)OCC. The van der Waals surface area contributed by atoms with Gasteiger partial charge in [-0.05, 0) is 63.6 Å². The average Bonchev–Trinajstić information content (AvgIpc) is 2.96. The number of sulfonamides is 1. The van der Waals surface area contributed by atoms with Crippen LogP contribution < -0.4 is 15.8 Å². The minimum Gasteiger partial charge on any atom is -0.435 e. The van der Waals surface area contributed by atoms with Crippen LogP contribution in [-0.4, -0.2) is 82.0 Å². The number of amides is 3. The van der Waals surface area contributed by atoms with Gasteiger partial charge in [0, 0.05) is 30.7 Å². The van der Waals surface area contributed by atoms with Crippen molar-refractivity contribution in [3.8, 4) is 0 Å². The zero-order chi connectivity index (χ0) is 35.5. The molecule has 4 N–H and O–H groups in total. The summed E-state index contributed by atoms with van der Waals surface area (Å²) in [5.74, 6) is -1.81. The van der Waals surface area contributed by atoms with Gasteiger partial charge in [0.15, 0.2) is 12.4 Å². The van der Waals surface area contributed by atoms with Gasteiger partial charge >= 0.3 is 12.3 Å². The quantitative estimate of drug-likeness (QED) is 0.205. The Morgan fingerprint density at radius 3 is 2.09 bits per heavy atom. The van der Waals surface area contributed by atoms with Gasteiger partial charge in [0.25, 0.3) is 5.91 Å². The van der Waals surface area contributed by atoms with Gasteiger partial charge in [0.05, 0.1) is 23.7 Å². The molecule has 0 aromatic heterocycles. The smallest absolute Gasteiger partial charge is 0.416 e. The molecular weight excluding hydrogens is 692 g/mol. The van der Waals surface area contributed by atoms with Gasteiger partial charge in [-0.1, -0.05) is 35.3 Å². The van der Waals surface area contributed by atoms with Crippen LogP contribution in [0.5, 0.6) is 0 Å². The van der Waals surface area contributed by atoms with Gasteiger partial charge in [0.1, 0.15) is 10.9 Å². The molecule has 0 aliphatic heterocycles. The van der Waals surface area contributed by atoms with Crippen LogP contribution in [0.15, 0.2) is 47.4 Å². The summed E-state index contributed by atoms with van der Waals surface area (Å²) in [4.78, 5) is 40.1. The highest BCUT2D eigenvalue weighted by atomic mass is 35.5. The van der Waals surface area contributed by atoms with Crippen molar-refractivity contribution in [1.29, 1.82) is 0 Å². The number of nitrogens with one attached hydrogen (secondary N) is 2. The first-order valence-electron chi connectivity index (χ1n) is 14.3. The van der Waals surface area contributed by atoms with Crippen LogP contribution >= 0.6 is 23.2 Å². The molecule has 0 aliphatic carbocycles. The van der Waals surface area contributed by atoms with E-state index in [9.17, 15) is 36.0 Å². The van der Waals surface area contributed by atoms with E-state index in [2.05, 4.69) is 10.0 Å². The predicted octanol–water partition coefficient (Wildman–Crippen LogP) is 4.12. The molecular formula is C29H37Cl2F3N4O8S. The van der Waals surface area contributed by atoms with Crippen LogP contribution in [-0.2, 0) is 46.4 Å². The van der Waals surface area contributed by atoms with Crippen LogP contribution in [0.3, 0.4) is 0 Å². The number of nitrogens with zero attached hydrogens (tertiary/aromatic N) is 1. The molecule has 12 nitrogen and oxygen atoms in total. The Bertz CT molecular complexity index is 1470. The number of benzene rings is 2. The first-order chi connectivity index (χ1) is 21.9. The van der Waals surface area contributed by atoms with Crippen molar-refractivity contribution in [3.63, 3.8) is 0 Å². The number of halogens is 5. The van der Waals surface area contributed by atoms with E-state index in [4.69, 9.17) is 43.1 Å². The summed E-state index contributed by atoms with van der Waals surface area (Å²) in [6.07, 6.45) is -9.05. The Morgan fingerprint density at radius 1 is 1.00 bits per heavy atom. The van der Waals surface area contributed by atoms with E-state index in [-0.39, 0.29) is 46.7 Å². The predicted molar refractivity (Wildman–Crippen MR) is 167 cm³/mol. The lowest BCUT2D eigenvalue weighted by molar-refractivity contribution is -0.163. The molecule has 0 spiro atoms. The third kappa shape index (κ3) is 12.4. The second-order valence-corrected chi connectivity index (χ2v) is 12.8. The maximum atomic E-state index is 14.0. The molecule has 0 radical (unpaired) electrons. The fourth-order valence-corrected chi connectivity index (χ4v) is 6.06. The second-order valence-electron chi connectivity index (χ2n) is 10.2. The molecule has 18 heteroatoms. The molecule has 47 heavy (non-hydrogen) atoms. The summed E-state index contributed by atoms with van der Waals surface area (Å²) in [7, 11) is -4.38. The molecule has 2 unspecified atom stereocenters. The molecule has 262 valence electrons. The lowest BCUT2D eigenvalue weighted by atomic mass is 10.0. The van der Waals surface area contributed by atoms with E-state index in [0.717, 1.165) is 30.3 Å². The fourth-order valence-electron chi connectivity index (χ4n) is 4.26. The summed E-state index contributed by atoms with van der Waals surface area (Å²) in [5, 5.41) is 2.37. The highest BCUT2D eigenvalue weighted by Crippen LogP contribution is 2.29. The monoisotopic (exact) mass is 728 g/mol. The fraction of sp³-hybridized carbons (Fsp3) is 0.483. The van der Waals surface area contributed by atoms with Gasteiger partial charge < -0.3 is 30.2 Å². The number of hydrogen-bond acceptors (Lipinski definition) is 8. The Kier molecular flexibility index (Phi) is 15.2. The van der Waals surface area contributed by atoms with Crippen molar-refractivity contribution in [2.75, 3.05) is 26.3 Å². The topological polar surface area (TPSA) is 166 Å². The van der Waals surface area contributed by atoms with Crippen molar-refractivity contribution in [1.82, 2.24) is 14.9 Å². The highest BCUT2D eigenvalue weighted by molar-refractivity contribution is 7.89. The number of nitrogens with two attached hydrogens (primary N) is 1. The molecule has 0 saturated carbocycles. The molecule has 2 aromatic rings. The molecule has 2 aromatic carbocycles. The largest absolute Gasteiger partial charge is 0.435 e. The van der Waals surface area contributed by atoms with Crippen molar-refractivity contribution in [2.24, 2.45) is 5.73 Å². The second kappa shape index (κ2) is 17.8. The average molecular weight is 730 g/mol. The van der Waals surface area contributed by atoms with E-state index in [0.29, 0.717) is 0 Å². The van der Waals surface area contributed by atoms with Crippen LogP contribution in [0.2, 0.25) is 10.0 Å². The molecule has 0 saturated heterocycles. The highest BCUT2D eigenvalue weighted by Gasteiger charge is 2.34. The number of carbonyl (C=O) groups is 3. The summed E-state index contributed by atoms with van der Waals surface area (Å²) >= 11 is 11.8. The number of primary amides is 1. The van der Waals surface area contributed by atoms with E-state index < -0.39 is 70.7 Å². The van der Waals surface area contributed by atoms with Gasteiger partial charge in [-0.15, -0.1) is 0 Å². The van der Waals surface area contributed by atoms with Crippen LogP contribution in [0.1, 0.15) is 38.8 Å². The van der Waals surface area contributed by atoms with Crippen molar-refractivity contribution >= 4 is 51.1 Å². The van der Waals surface area contributed by atoms with Gasteiger partial charge in [-0.3, -0.25) is 9.59 Å². The summed E-state index contributed by atoms with van der Waals surface area (Å²) in [5.41, 5.74) is 4.46. The summed E-state index contributed by atoms with van der Waals surface area (Å²) in [6.45, 7) is 6.48. The Hall–Kier alpha value is -3.15. The van der Waals surface area contributed by atoms with E-state index in [1.165, 1.54) is 17.0 Å². The number of rotatable bonds is 17. The standard InChI is InChI=1S/C29H37Cl2F3N4O8S/c1-5-44-25(45-6-2)16-38(17(3)4)27(40)22(13-18-7-9-19(10-8-18)29(32,33)34)37-26(39)23(46-28(35)41)15-36-47(42,43)24-12-11-20(30)14-21(24)31/h7-12,14,17,22-23,25,36H,5-6,13,15-16H2,1-4H3,(H2,35,41)(H,37,39). The van der Waals surface area contributed by atoms with Crippen LogP contribution in [0, 0.1) is 0 Å². The maximum Gasteiger partial charge on any atom is 0.416 e. The minimum atomic E-state index is -4.60. The van der Waals surface area contributed by atoms with Gasteiger partial charge in [-0.25, -0.2) is 17.9 Å². The van der Waals surface area contributed by atoms with E-state index in [1.807, 2.05) is 0 Å². The first-order valence-corrected chi connectivity index (χ1v) is 16.5. The third-order valence-electron chi connectivity index (χ3n) is 6.49. The first kappa shape index (κ1) is 40.0. The molecule has 0 fully saturated rings. The Morgan fingerprint density at radius 2 is 1.60 bits per heavy atom. The number of hydrogen-bond donors (Lipinski definition) is 3. The Labute approximate surface area is 281 Å². The normalized spacial score (nSPS) is 13.3. The zero-order valence-corrected chi connectivity index (χ0v) is 28.3. The van der Waals surface area contributed by atoms with E-state index >= 15 is 0 Å². The molecule has 2 atom stereocenters. The maximum absolute atomic E-state index is 14.0. The Balaban J connectivity index is 2.43. The van der Waals surface area contributed by atoms with Crippen LogP contribution in [0.25, 0.3) is 0 Å². The molecule has 0 heterocycles. The lowest BCUT2D eigenvalue weighted by Crippen LogP contribution is -2.56. The number of ether oxygens (including phenoxy) is 3. The molecule has 2 rings (SSSR count). The number of carbonyl (C=O) groups excluding carboxylic acids is 3. The lowest BCUT2D eigenvalue weighted by Gasteiger charge is -2.34. The summed E-state index contributed by atoms with van der Waals surface area (Å²) < 4.78 is 83.4.